The van der Waals surface area contributed by atoms with Crippen LogP contribution in [0.4, 0.5) is 23.1 Å². The molecule has 0 radical (unpaired) electrons. The molecule has 0 aliphatic carbocycles. The minimum absolute atomic E-state index is 0.260. The second kappa shape index (κ2) is 7.51. The van der Waals surface area contributed by atoms with Crippen LogP contribution in [-0.4, -0.2) is 32.7 Å². The zero-order valence-electron chi connectivity index (χ0n) is 14.9. The van der Waals surface area contributed by atoms with Crippen molar-refractivity contribution in [3.05, 3.63) is 66.2 Å². The van der Waals surface area contributed by atoms with E-state index in [0.29, 0.717) is 16.8 Å². The van der Waals surface area contributed by atoms with Crippen LogP contribution in [0.5, 0.6) is 0 Å². The van der Waals surface area contributed by atoms with E-state index in [2.05, 4.69) is 45.0 Å². The average Bonchev–Trinajstić information content (AvgIpc) is 3.14. The van der Waals surface area contributed by atoms with E-state index < -0.39 is 0 Å². The highest BCUT2D eigenvalue weighted by Gasteiger charge is 2.11. The number of pyridine rings is 1. The number of benzene rings is 1. The van der Waals surface area contributed by atoms with Gasteiger partial charge in [-0.15, -0.1) is 0 Å². The van der Waals surface area contributed by atoms with E-state index in [0.717, 1.165) is 17.0 Å². The molecular weight excluding hydrogens is 379 g/mol. The van der Waals surface area contributed by atoms with Gasteiger partial charge in [-0.05, 0) is 36.8 Å². The summed E-state index contributed by atoms with van der Waals surface area (Å²) in [5, 5.41) is 8.30. The Balaban J connectivity index is 1.65. The Morgan fingerprint density at radius 1 is 0.963 bits per heavy atom. The lowest BCUT2D eigenvalue weighted by molar-refractivity contribution is 1.15. The molecule has 0 aliphatic heterocycles. The van der Waals surface area contributed by atoms with E-state index in [9.17, 15) is 0 Å². The number of imidazole rings is 1. The maximum Gasteiger partial charge on any atom is 0.229 e. The second-order valence-electron chi connectivity index (χ2n) is 6.13. The zero-order chi connectivity index (χ0) is 18.8. The van der Waals surface area contributed by atoms with Crippen LogP contribution in [0.25, 0.3) is 5.65 Å². The summed E-state index contributed by atoms with van der Waals surface area (Å²) in [5.74, 6) is 1.01. The van der Waals surface area contributed by atoms with Crippen LogP contribution in [0, 0.1) is 0 Å². The maximum atomic E-state index is 6.33. The number of halogens is 1. The van der Waals surface area contributed by atoms with Gasteiger partial charge in [0.05, 0.1) is 11.9 Å². The molecular formula is C19H18ClN6P. The molecule has 4 aromatic rings. The van der Waals surface area contributed by atoms with Crippen molar-refractivity contribution < 1.29 is 0 Å². The van der Waals surface area contributed by atoms with Gasteiger partial charge in [0.1, 0.15) is 5.02 Å². The van der Waals surface area contributed by atoms with Gasteiger partial charge in [-0.25, -0.2) is 9.97 Å². The lowest BCUT2D eigenvalue weighted by Gasteiger charge is -2.15. The Labute approximate surface area is 163 Å². The molecule has 4 rings (SSSR count). The molecule has 0 saturated carbocycles. The molecule has 0 amide bonds. The highest BCUT2D eigenvalue weighted by atomic mass is 35.5. The summed E-state index contributed by atoms with van der Waals surface area (Å²) in [6.45, 7) is 4.44. The Morgan fingerprint density at radius 3 is 2.63 bits per heavy atom. The molecule has 6 nitrogen and oxygen atoms in total. The average molecular weight is 397 g/mol. The van der Waals surface area contributed by atoms with Gasteiger partial charge in [-0.1, -0.05) is 37.7 Å². The van der Waals surface area contributed by atoms with Crippen LogP contribution in [0.2, 0.25) is 5.02 Å². The van der Waals surface area contributed by atoms with Gasteiger partial charge in [0.15, 0.2) is 11.5 Å². The minimum Gasteiger partial charge on any atom is -0.338 e. The summed E-state index contributed by atoms with van der Waals surface area (Å²) < 4.78 is 1.93. The summed E-state index contributed by atoms with van der Waals surface area (Å²) in [6, 6.07) is 12.1. The van der Waals surface area contributed by atoms with E-state index in [4.69, 9.17) is 11.6 Å². The molecule has 0 unspecified atom stereocenters. The fourth-order valence-electron chi connectivity index (χ4n) is 2.78. The van der Waals surface area contributed by atoms with Crippen LogP contribution in [0.3, 0.4) is 0 Å². The second-order valence-corrected chi connectivity index (χ2v) is 8.81. The van der Waals surface area contributed by atoms with Gasteiger partial charge in [0.25, 0.3) is 0 Å². The van der Waals surface area contributed by atoms with Crippen molar-refractivity contribution >= 4 is 53.6 Å². The Morgan fingerprint density at radius 2 is 1.78 bits per heavy atom. The first-order chi connectivity index (χ1) is 13.1. The predicted octanol–water partition coefficient (Wildman–Crippen LogP) is 4.63. The lowest BCUT2D eigenvalue weighted by atomic mass is 10.3. The number of hydrogen-bond acceptors (Lipinski definition) is 5. The molecule has 136 valence electrons. The number of fused-ring (bicyclic) bond motifs is 1. The SMILES string of the molecule is CP(C)c1ccccc1Nc1nc(Nc2cccn3ccnc23)ncc1Cl. The highest BCUT2D eigenvalue weighted by molar-refractivity contribution is 7.64. The third-order valence-electron chi connectivity index (χ3n) is 4.05. The van der Waals surface area contributed by atoms with Gasteiger partial charge in [-0.2, -0.15) is 4.98 Å². The number of anilines is 4. The van der Waals surface area contributed by atoms with Crippen LogP contribution in [-0.2, 0) is 0 Å². The van der Waals surface area contributed by atoms with Crippen LogP contribution in [0.15, 0.2) is 61.2 Å². The van der Waals surface area contributed by atoms with Crippen molar-refractivity contribution in [2.75, 3.05) is 24.0 Å². The van der Waals surface area contributed by atoms with Crippen LogP contribution >= 0.6 is 19.5 Å². The monoisotopic (exact) mass is 396 g/mol. The van der Waals surface area contributed by atoms with Gasteiger partial charge in [0.2, 0.25) is 5.95 Å². The van der Waals surface area contributed by atoms with Gasteiger partial charge in [-0.3, -0.25) is 0 Å². The number of para-hydroxylation sites is 1. The normalized spacial score (nSPS) is 11.1. The van der Waals surface area contributed by atoms with E-state index in [1.807, 2.05) is 47.1 Å². The van der Waals surface area contributed by atoms with Gasteiger partial charge < -0.3 is 15.0 Å². The first-order valence-electron chi connectivity index (χ1n) is 8.36. The topological polar surface area (TPSA) is 67.1 Å². The number of nitrogens with one attached hydrogen (secondary N) is 2. The number of aromatic nitrogens is 4. The maximum absolute atomic E-state index is 6.33. The molecule has 0 atom stereocenters. The van der Waals surface area contributed by atoms with Crippen molar-refractivity contribution in [1.29, 1.82) is 0 Å². The van der Waals surface area contributed by atoms with E-state index in [1.54, 1.807) is 12.4 Å². The summed E-state index contributed by atoms with van der Waals surface area (Å²) in [6.07, 6.45) is 7.17. The molecule has 27 heavy (non-hydrogen) atoms. The fourth-order valence-corrected chi connectivity index (χ4v) is 3.91. The largest absolute Gasteiger partial charge is 0.338 e. The Kier molecular flexibility index (Phi) is 4.92. The first-order valence-corrected chi connectivity index (χ1v) is 11.0. The quantitative estimate of drug-likeness (QED) is 0.481. The third kappa shape index (κ3) is 3.72. The van der Waals surface area contributed by atoms with Crippen molar-refractivity contribution in [3.8, 4) is 0 Å². The summed E-state index contributed by atoms with van der Waals surface area (Å²) in [7, 11) is -0.260. The van der Waals surface area contributed by atoms with E-state index in [-0.39, 0.29) is 7.92 Å². The van der Waals surface area contributed by atoms with Gasteiger partial charge in [0, 0.05) is 24.3 Å². The van der Waals surface area contributed by atoms with Crippen molar-refractivity contribution in [2.24, 2.45) is 0 Å². The molecule has 0 bridgehead atoms. The summed E-state index contributed by atoms with van der Waals surface area (Å²) in [4.78, 5) is 13.2. The molecule has 1 aromatic carbocycles. The summed E-state index contributed by atoms with van der Waals surface area (Å²) in [5.41, 5.74) is 2.64. The molecule has 0 saturated heterocycles. The minimum atomic E-state index is -0.260. The number of nitrogens with zero attached hydrogens (tertiary/aromatic N) is 4. The summed E-state index contributed by atoms with van der Waals surface area (Å²) >= 11 is 6.33. The highest BCUT2D eigenvalue weighted by Crippen LogP contribution is 2.31. The molecule has 8 heteroatoms. The molecule has 0 spiro atoms. The standard InChI is InChI=1S/C19H18ClN6P/c1-27(2)16-8-4-3-6-14(16)23-17-13(20)12-22-19(25-17)24-15-7-5-10-26-11-9-21-18(15)26/h3-12H,1-2H3,(H2,22,23,24,25). The first kappa shape index (κ1) is 17.7. The number of hydrogen-bond donors (Lipinski definition) is 2. The zero-order valence-corrected chi connectivity index (χ0v) is 16.5. The van der Waals surface area contributed by atoms with Gasteiger partial charge >= 0.3 is 0 Å². The lowest BCUT2D eigenvalue weighted by Crippen LogP contribution is -2.09. The molecule has 2 N–H and O–H groups in total. The van der Waals surface area contributed by atoms with E-state index in [1.165, 1.54) is 5.30 Å². The molecule has 0 fully saturated rings. The van der Waals surface area contributed by atoms with Crippen LogP contribution in [0.1, 0.15) is 0 Å². The smallest absolute Gasteiger partial charge is 0.229 e. The van der Waals surface area contributed by atoms with E-state index >= 15 is 0 Å². The van der Waals surface area contributed by atoms with Crippen LogP contribution < -0.4 is 15.9 Å². The molecule has 3 aromatic heterocycles. The Hall–Kier alpha value is -2.69. The predicted molar refractivity (Wildman–Crippen MR) is 114 cm³/mol. The fraction of sp³-hybridized carbons (Fsp3) is 0.105. The van der Waals surface area contributed by atoms with Crippen molar-refractivity contribution in [2.45, 2.75) is 0 Å². The van der Waals surface area contributed by atoms with Crippen molar-refractivity contribution in [3.63, 3.8) is 0 Å². The number of rotatable bonds is 5. The van der Waals surface area contributed by atoms with Crippen molar-refractivity contribution in [1.82, 2.24) is 19.4 Å². The molecule has 3 heterocycles. The molecule has 0 aliphatic rings. The Bertz CT molecular complexity index is 1090. The third-order valence-corrected chi connectivity index (χ3v) is 5.68.